The molecule has 0 aliphatic heterocycles. The molecule has 1 rings (SSSR count). The third-order valence-corrected chi connectivity index (χ3v) is 3.23. The van der Waals surface area contributed by atoms with Gasteiger partial charge in [-0.1, -0.05) is 42.3 Å². The van der Waals surface area contributed by atoms with Crippen molar-refractivity contribution in [2.75, 3.05) is 6.54 Å². The number of hydrogen-bond donors (Lipinski definition) is 1. The average molecular weight is 327 g/mol. The Hall–Kier alpha value is -1.20. The molecule has 19 heavy (non-hydrogen) atoms. The molecule has 0 aliphatic rings. The molecule has 0 spiro atoms. The molecule has 5 heteroatoms. The lowest BCUT2D eigenvalue weighted by molar-refractivity contribution is -0.385. The first-order valence-corrected chi connectivity index (χ1v) is 7.10. The van der Waals surface area contributed by atoms with Gasteiger partial charge >= 0.3 is 0 Å². The second-order valence-corrected chi connectivity index (χ2v) is 5.57. The molecule has 0 bridgehead atoms. The number of nitro groups is 1. The fraction of sp³-hybridized carbons (Fsp3) is 0.429. The van der Waals surface area contributed by atoms with E-state index in [0.717, 1.165) is 23.0 Å². The number of nitro benzene ring substituents is 1. The van der Waals surface area contributed by atoms with E-state index >= 15 is 0 Å². The molecule has 1 aromatic carbocycles. The highest BCUT2D eigenvalue weighted by Crippen LogP contribution is 2.25. The zero-order chi connectivity index (χ0) is 14.4. The summed E-state index contributed by atoms with van der Waals surface area (Å²) >= 11 is 3.26. The van der Waals surface area contributed by atoms with Crippen LogP contribution in [0, 0.1) is 10.1 Å². The third-order valence-electron chi connectivity index (χ3n) is 2.74. The van der Waals surface area contributed by atoms with Gasteiger partial charge in [0.15, 0.2) is 0 Å². The van der Waals surface area contributed by atoms with Gasteiger partial charge in [0, 0.05) is 23.1 Å². The molecule has 0 saturated heterocycles. The Bertz CT molecular complexity index is 484. The van der Waals surface area contributed by atoms with Crippen LogP contribution >= 0.6 is 15.9 Å². The van der Waals surface area contributed by atoms with Crippen molar-refractivity contribution in [2.45, 2.75) is 33.2 Å². The van der Waals surface area contributed by atoms with E-state index < -0.39 is 0 Å². The minimum atomic E-state index is -0.347. The van der Waals surface area contributed by atoms with E-state index in [1.54, 1.807) is 6.07 Å². The average Bonchev–Trinajstić information content (AvgIpc) is 2.35. The second-order valence-electron chi connectivity index (χ2n) is 4.65. The maximum atomic E-state index is 11.0. The van der Waals surface area contributed by atoms with E-state index in [1.807, 2.05) is 12.1 Å². The number of nitrogens with one attached hydrogen (secondary N) is 1. The summed E-state index contributed by atoms with van der Waals surface area (Å²) in [5.41, 5.74) is 1.93. The molecule has 0 aliphatic carbocycles. The van der Waals surface area contributed by atoms with Gasteiger partial charge in [0.2, 0.25) is 0 Å². The summed E-state index contributed by atoms with van der Waals surface area (Å²) in [7, 11) is 0. The Morgan fingerprint density at radius 1 is 1.53 bits per heavy atom. The minimum Gasteiger partial charge on any atom is -0.311 e. The minimum absolute atomic E-state index is 0.130. The lowest BCUT2D eigenvalue weighted by Gasteiger charge is -2.10. The third kappa shape index (κ3) is 5.12. The number of hydrogen-bond acceptors (Lipinski definition) is 3. The fourth-order valence-corrected chi connectivity index (χ4v) is 1.98. The predicted octanol–water partition coefficient (Wildman–Crippen LogP) is 4.15. The summed E-state index contributed by atoms with van der Waals surface area (Å²) in [5.74, 6) is 0. The Kier molecular flexibility index (Phi) is 6.18. The van der Waals surface area contributed by atoms with Gasteiger partial charge in [0.25, 0.3) is 5.69 Å². The molecule has 0 amide bonds. The standard InChI is InChI=1S/C14H19BrN2O2/c1-4-11(9-16-10(2)3)7-12-5-6-13(15)8-14(12)17(18)19/h5-8,10,16H,4,9H2,1-3H3/b11-7-. The van der Waals surface area contributed by atoms with Crippen LogP contribution < -0.4 is 5.32 Å². The molecule has 0 aromatic heterocycles. The summed E-state index contributed by atoms with van der Waals surface area (Å²) < 4.78 is 0.717. The number of benzene rings is 1. The van der Waals surface area contributed by atoms with Gasteiger partial charge in [0.1, 0.15) is 0 Å². The van der Waals surface area contributed by atoms with Crippen molar-refractivity contribution < 1.29 is 4.92 Å². The van der Waals surface area contributed by atoms with Crippen molar-refractivity contribution in [3.63, 3.8) is 0 Å². The van der Waals surface area contributed by atoms with E-state index in [2.05, 4.69) is 42.0 Å². The van der Waals surface area contributed by atoms with Crippen molar-refractivity contribution in [1.29, 1.82) is 0 Å². The van der Waals surface area contributed by atoms with Gasteiger partial charge < -0.3 is 5.32 Å². The quantitative estimate of drug-likeness (QED) is 0.631. The van der Waals surface area contributed by atoms with Crippen LogP contribution in [0.2, 0.25) is 0 Å². The van der Waals surface area contributed by atoms with Crippen molar-refractivity contribution in [3.8, 4) is 0 Å². The highest BCUT2D eigenvalue weighted by atomic mass is 79.9. The van der Waals surface area contributed by atoms with E-state index in [0.29, 0.717) is 11.6 Å². The van der Waals surface area contributed by atoms with Crippen molar-refractivity contribution >= 4 is 27.7 Å². The summed E-state index contributed by atoms with van der Waals surface area (Å²) in [6, 6.07) is 5.53. The predicted molar refractivity (Wildman–Crippen MR) is 82.2 cm³/mol. The SMILES string of the molecule is CC/C(=C/c1ccc(Br)cc1[N+](=O)[O-])CNC(C)C. The van der Waals surface area contributed by atoms with E-state index in [-0.39, 0.29) is 10.6 Å². The Labute approximate surface area is 122 Å². The maximum absolute atomic E-state index is 11.0. The smallest absolute Gasteiger partial charge is 0.277 e. The molecular formula is C14H19BrN2O2. The number of rotatable bonds is 6. The zero-order valence-electron chi connectivity index (χ0n) is 11.4. The second kappa shape index (κ2) is 7.40. The Balaban J connectivity index is 3.03. The van der Waals surface area contributed by atoms with Gasteiger partial charge in [0.05, 0.1) is 10.5 Å². The molecule has 104 valence electrons. The van der Waals surface area contributed by atoms with Crippen molar-refractivity contribution in [1.82, 2.24) is 5.32 Å². The number of nitrogens with zero attached hydrogens (tertiary/aromatic N) is 1. The summed E-state index contributed by atoms with van der Waals surface area (Å²) in [6.07, 6.45) is 2.77. The molecule has 1 aromatic rings. The topological polar surface area (TPSA) is 55.2 Å². The number of halogens is 1. The van der Waals surface area contributed by atoms with Gasteiger partial charge in [-0.05, 0) is 24.6 Å². The summed E-state index contributed by atoms with van der Waals surface area (Å²) in [5, 5.41) is 14.4. The molecule has 0 radical (unpaired) electrons. The van der Waals surface area contributed by atoms with Crippen LogP contribution in [0.25, 0.3) is 6.08 Å². The van der Waals surface area contributed by atoms with Crippen molar-refractivity contribution in [2.24, 2.45) is 0 Å². The van der Waals surface area contributed by atoms with Crippen LogP contribution in [0.3, 0.4) is 0 Å². The lowest BCUT2D eigenvalue weighted by atomic mass is 10.1. The zero-order valence-corrected chi connectivity index (χ0v) is 13.0. The Morgan fingerprint density at radius 2 is 2.21 bits per heavy atom. The van der Waals surface area contributed by atoms with Crippen LogP contribution in [0.15, 0.2) is 28.2 Å². The first kappa shape index (κ1) is 15.9. The van der Waals surface area contributed by atoms with Crippen LogP contribution in [-0.2, 0) is 0 Å². The lowest BCUT2D eigenvalue weighted by Crippen LogP contribution is -2.24. The van der Waals surface area contributed by atoms with E-state index in [4.69, 9.17) is 0 Å². The van der Waals surface area contributed by atoms with E-state index in [1.165, 1.54) is 6.07 Å². The highest BCUT2D eigenvalue weighted by Gasteiger charge is 2.12. The summed E-state index contributed by atoms with van der Waals surface area (Å²) in [4.78, 5) is 10.7. The molecule has 4 nitrogen and oxygen atoms in total. The van der Waals surface area contributed by atoms with Gasteiger partial charge in [-0.25, -0.2) is 0 Å². The Morgan fingerprint density at radius 3 is 2.74 bits per heavy atom. The maximum Gasteiger partial charge on any atom is 0.277 e. The van der Waals surface area contributed by atoms with Gasteiger partial charge in [-0.15, -0.1) is 0 Å². The van der Waals surface area contributed by atoms with E-state index in [9.17, 15) is 10.1 Å². The molecular weight excluding hydrogens is 308 g/mol. The highest BCUT2D eigenvalue weighted by molar-refractivity contribution is 9.10. The molecule has 0 fully saturated rings. The van der Waals surface area contributed by atoms with Crippen LogP contribution in [0.4, 0.5) is 5.69 Å². The molecule has 0 heterocycles. The first-order valence-electron chi connectivity index (χ1n) is 6.30. The van der Waals surface area contributed by atoms with Crippen LogP contribution in [-0.4, -0.2) is 17.5 Å². The fourth-order valence-electron chi connectivity index (χ4n) is 1.63. The molecule has 0 atom stereocenters. The molecule has 1 N–H and O–H groups in total. The van der Waals surface area contributed by atoms with Crippen molar-refractivity contribution in [3.05, 3.63) is 43.9 Å². The summed E-state index contributed by atoms with van der Waals surface area (Å²) in [6.45, 7) is 6.96. The van der Waals surface area contributed by atoms with Crippen LogP contribution in [0.5, 0.6) is 0 Å². The molecule has 0 unspecified atom stereocenters. The monoisotopic (exact) mass is 326 g/mol. The van der Waals surface area contributed by atoms with Gasteiger partial charge in [-0.2, -0.15) is 0 Å². The normalized spacial score (nSPS) is 11.9. The molecule has 0 saturated carbocycles. The van der Waals surface area contributed by atoms with Gasteiger partial charge in [-0.3, -0.25) is 10.1 Å². The van der Waals surface area contributed by atoms with Crippen LogP contribution in [0.1, 0.15) is 32.8 Å². The first-order chi connectivity index (χ1) is 8.93. The largest absolute Gasteiger partial charge is 0.311 e.